The number of carbonyl (C=O) groups is 1. The van der Waals surface area contributed by atoms with E-state index in [1.807, 2.05) is 30.3 Å². The number of rotatable bonds is 6. The van der Waals surface area contributed by atoms with Gasteiger partial charge in [0.1, 0.15) is 18.2 Å². The van der Waals surface area contributed by atoms with E-state index in [-0.39, 0.29) is 24.5 Å². The molecule has 2 aromatic rings. The summed E-state index contributed by atoms with van der Waals surface area (Å²) < 4.78 is 73.5. The van der Waals surface area contributed by atoms with Crippen LogP contribution in [-0.2, 0) is 11.2 Å². The van der Waals surface area contributed by atoms with Gasteiger partial charge in [0, 0.05) is 0 Å². The first-order chi connectivity index (χ1) is 14.2. The van der Waals surface area contributed by atoms with Gasteiger partial charge in [0.05, 0.1) is 6.04 Å². The highest BCUT2D eigenvalue weighted by Crippen LogP contribution is 2.24. The topological polar surface area (TPSA) is 50.7 Å². The van der Waals surface area contributed by atoms with E-state index in [1.54, 1.807) is 13.8 Å². The van der Waals surface area contributed by atoms with E-state index in [0.717, 1.165) is 5.56 Å². The molecule has 9 heteroatoms. The normalized spacial score (nSPS) is 16.9. The molecule has 3 rings (SSSR count). The van der Waals surface area contributed by atoms with Crippen molar-refractivity contribution in [3.05, 3.63) is 70.5 Å². The third-order valence-corrected chi connectivity index (χ3v) is 4.70. The summed E-state index contributed by atoms with van der Waals surface area (Å²) in [5.74, 6) is -12.7. The Morgan fingerprint density at radius 2 is 1.60 bits per heavy atom. The van der Waals surface area contributed by atoms with Crippen LogP contribution in [-0.4, -0.2) is 30.5 Å². The van der Waals surface area contributed by atoms with Crippen LogP contribution >= 0.6 is 0 Å². The number of halogens is 5. The molecule has 1 aliphatic rings. The highest BCUT2D eigenvalue weighted by molar-refractivity contribution is 5.98. The summed E-state index contributed by atoms with van der Waals surface area (Å²) in [6.45, 7) is 3.63. The van der Waals surface area contributed by atoms with E-state index in [9.17, 15) is 26.7 Å². The molecule has 0 radical (unpaired) electrons. The van der Waals surface area contributed by atoms with Gasteiger partial charge in [-0.05, 0) is 17.9 Å². The molecule has 4 nitrogen and oxygen atoms in total. The van der Waals surface area contributed by atoms with Crippen LogP contribution in [0, 0.1) is 35.0 Å². The average Bonchev–Trinajstić information content (AvgIpc) is 3.17. The fourth-order valence-corrected chi connectivity index (χ4v) is 3.13. The lowest BCUT2D eigenvalue weighted by Crippen LogP contribution is -2.45. The SMILES string of the molecule is CC(C)[C@H](NC(=O)c1c(F)c(F)c(F)c(F)c1F)C1=N[C@@H](Cc2ccccc2)CO1. The minimum atomic E-state index is -2.32. The maximum Gasteiger partial charge on any atom is 0.258 e. The molecule has 0 unspecified atom stereocenters. The van der Waals surface area contributed by atoms with Gasteiger partial charge in [-0.3, -0.25) is 4.79 Å². The van der Waals surface area contributed by atoms with Crippen LogP contribution in [0.1, 0.15) is 29.8 Å². The van der Waals surface area contributed by atoms with Crippen molar-refractivity contribution in [1.29, 1.82) is 0 Å². The van der Waals surface area contributed by atoms with Gasteiger partial charge in [0.15, 0.2) is 23.3 Å². The van der Waals surface area contributed by atoms with Crippen molar-refractivity contribution in [2.45, 2.75) is 32.4 Å². The first kappa shape index (κ1) is 21.7. The van der Waals surface area contributed by atoms with Crippen molar-refractivity contribution in [2.24, 2.45) is 10.9 Å². The van der Waals surface area contributed by atoms with E-state index in [4.69, 9.17) is 4.74 Å². The second kappa shape index (κ2) is 8.81. The van der Waals surface area contributed by atoms with Gasteiger partial charge in [-0.1, -0.05) is 44.2 Å². The molecule has 0 saturated heterocycles. The van der Waals surface area contributed by atoms with Crippen LogP contribution < -0.4 is 5.32 Å². The number of aliphatic imine (C=N–C) groups is 1. The summed E-state index contributed by atoms with van der Waals surface area (Å²) in [5, 5.41) is 2.28. The first-order valence-corrected chi connectivity index (χ1v) is 9.27. The maximum atomic E-state index is 13.9. The smallest absolute Gasteiger partial charge is 0.258 e. The molecule has 0 fully saturated rings. The number of hydrogen-bond acceptors (Lipinski definition) is 3. The number of carbonyl (C=O) groups excluding carboxylic acids is 1. The Bertz CT molecular complexity index is 950. The highest BCUT2D eigenvalue weighted by atomic mass is 19.2. The lowest BCUT2D eigenvalue weighted by Gasteiger charge is -2.22. The number of amides is 1. The van der Waals surface area contributed by atoms with Gasteiger partial charge in [-0.2, -0.15) is 0 Å². The summed E-state index contributed by atoms with van der Waals surface area (Å²) in [6.07, 6.45) is 0.584. The Morgan fingerprint density at radius 1 is 1.03 bits per heavy atom. The molecule has 1 aliphatic heterocycles. The summed E-state index contributed by atoms with van der Waals surface area (Å²) >= 11 is 0. The van der Waals surface area contributed by atoms with Gasteiger partial charge in [0.25, 0.3) is 5.91 Å². The summed E-state index contributed by atoms with van der Waals surface area (Å²) in [5.41, 5.74) is -0.515. The predicted octanol–water partition coefficient (Wildman–Crippen LogP) is 4.18. The molecule has 0 bridgehead atoms. The van der Waals surface area contributed by atoms with Crippen molar-refractivity contribution < 1.29 is 31.5 Å². The van der Waals surface area contributed by atoms with Crippen LogP contribution in [0.15, 0.2) is 35.3 Å². The number of nitrogens with zero attached hydrogens (tertiary/aromatic N) is 1. The van der Waals surface area contributed by atoms with Crippen LogP contribution in [0.3, 0.4) is 0 Å². The molecule has 2 atom stereocenters. The molecular formula is C21H19F5N2O2. The Hall–Kier alpha value is -2.97. The Morgan fingerprint density at radius 3 is 2.17 bits per heavy atom. The zero-order valence-corrected chi connectivity index (χ0v) is 16.2. The summed E-state index contributed by atoms with van der Waals surface area (Å²) in [7, 11) is 0. The molecule has 1 amide bonds. The lowest BCUT2D eigenvalue weighted by atomic mass is 10.0. The fourth-order valence-electron chi connectivity index (χ4n) is 3.13. The zero-order valence-electron chi connectivity index (χ0n) is 16.2. The van der Waals surface area contributed by atoms with Gasteiger partial charge in [-0.25, -0.2) is 26.9 Å². The molecule has 0 aromatic heterocycles. The summed E-state index contributed by atoms with van der Waals surface area (Å²) in [4.78, 5) is 16.8. The van der Waals surface area contributed by atoms with E-state index in [0.29, 0.717) is 6.42 Å². The quantitative estimate of drug-likeness (QED) is 0.428. The molecule has 1 heterocycles. The second-order valence-corrected chi connectivity index (χ2v) is 7.26. The number of ether oxygens (including phenoxy) is 1. The van der Waals surface area contributed by atoms with Gasteiger partial charge < -0.3 is 10.1 Å². The van der Waals surface area contributed by atoms with Gasteiger partial charge >= 0.3 is 0 Å². The number of nitrogens with one attached hydrogen (secondary N) is 1. The largest absolute Gasteiger partial charge is 0.477 e. The Balaban J connectivity index is 1.82. The van der Waals surface area contributed by atoms with Gasteiger partial charge in [-0.15, -0.1) is 0 Å². The molecule has 0 aliphatic carbocycles. The molecule has 0 saturated carbocycles. The first-order valence-electron chi connectivity index (χ1n) is 9.27. The van der Waals surface area contributed by atoms with Crippen LogP contribution in [0.25, 0.3) is 0 Å². The number of benzene rings is 2. The Kier molecular flexibility index (Phi) is 6.38. The average molecular weight is 426 g/mol. The summed E-state index contributed by atoms with van der Waals surface area (Å²) in [6, 6.07) is 8.38. The minimum Gasteiger partial charge on any atom is -0.477 e. The van der Waals surface area contributed by atoms with Crippen molar-refractivity contribution in [2.75, 3.05) is 6.61 Å². The van der Waals surface area contributed by atoms with Crippen LogP contribution in [0.5, 0.6) is 0 Å². The van der Waals surface area contributed by atoms with E-state index >= 15 is 0 Å². The molecule has 2 aromatic carbocycles. The minimum absolute atomic E-state index is 0.142. The molecule has 160 valence electrons. The van der Waals surface area contributed by atoms with Crippen LogP contribution in [0.2, 0.25) is 0 Å². The predicted molar refractivity (Wildman–Crippen MR) is 99.6 cm³/mol. The highest BCUT2D eigenvalue weighted by Gasteiger charge is 2.34. The second-order valence-electron chi connectivity index (χ2n) is 7.26. The van der Waals surface area contributed by atoms with E-state index < -0.39 is 46.6 Å². The van der Waals surface area contributed by atoms with Crippen molar-refractivity contribution in [1.82, 2.24) is 5.32 Å². The molecule has 0 spiro atoms. The standard InChI is InChI=1S/C21H19F5N2O2/c1-10(2)19(21-27-12(9-30-21)8-11-6-4-3-5-7-11)28-20(29)13-14(22)16(24)18(26)17(25)15(13)23/h3-7,10,12,19H,8-9H2,1-2H3,(H,28,29)/t12-,19-/m0/s1. The van der Waals surface area contributed by atoms with Crippen molar-refractivity contribution in [3.8, 4) is 0 Å². The van der Waals surface area contributed by atoms with Crippen molar-refractivity contribution >= 4 is 11.8 Å². The fraction of sp³-hybridized carbons (Fsp3) is 0.333. The van der Waals surface area contributed by atoms with Crippen LogP contribution in [0.4, 0.5) is 22.0 Å². The lowest BCUT2D eigenvalue weighted by molar-refractivity contribution is 0.0922. The van der Waals surface area contributed by atoms with Crippen molar-refractivity contribution in [3.63, 3.8) is 0 Å². The zero-order chi connectivity index (χ0) is 22.0. The third-order valence-electron chi connectivity index (χ3n) is 4.70. The number of hydrogen-bond donors (Lipinski definition) is 1. The third kappa shape index (κ3) is 4.29. The van der Waals surface area contributed by atoms with E-state index in [2.05, 4.69) is 10.3 Å². The maximum absolute atomic E-state index is 13.9. The molecule has 30 heavy (non-hydrogen) atoms. The monoisotopic (exact) mass is 426 g/mol. The van der Waals surface area contributed by atoms with E-state index in [1.165, 1.54) is 0 Å². The van der Waals surface area contributed by atoms with Gasteiger partial charge in [0.2, 0.25) is 11.7 Å². The Labute approximate surface area is 169 Å². The molecular weight excluding hydrogens is 407 g/mol. The molecule has 1 N–H and O–H groups in total.